The van der Waals surface area contributed by atoms with Crippen LogP contribution in [0.4, 0.5) is 4.20 Å². The van der Waals surface area contributed by atoms with Gasteiger partial charge in [-0.3, -0.25) is 14.4 Å². The number of ether oxygens (including phenoxy) is 3. The Balaban J connectivity index is -0.000000956. The van der Waals surface area contributed by atoms with E-state index >= 15 is 4.20 Å². The zero-order chi connectivity index (χ0) is 55.7. The first-order valence-electron chi connectivity index (χ1n) is 25.1. The maximum absolute atomic E-state index is 15.4. The van der Waals surface area contributed by atoms with Gasteiger partial charge in [-0.15, -0.1) is 19.2 Å². The minimum absolute atomic E-state index is 0.0696. The number of allylic oxidation sites excluding steroid dienone is 1. The Bertz CT molecular complexity index is 1930. The molecule has 19 heteroatoms. The predicted octanol–water partition coefficient (Wildman–Crippen LogP) is 10.8. The van der Waals surface area contributed by atoms with Crippen molar-refractivity contribution in [3.63, 3.8) is 0 Å². The molecular formula is C54H90FN5O10P2S. The van der Waals surface area contributed by atoms with E-state index in [0.29, 0.717) is 69.1 Å². The van der Waals surface area contributed by atoms with Gasteiger partial charge in [0.05, 0.1) is 51.6 Å². The smallest absolute Gasteiger partial charge is 0.251 e. The number of nitrogens with one attached hydrogen (secondary N) is 2. The highest BCUT2D eigenvalue weighted by Crippen LogP contribution is 2.70. The summed E-state index contributed by atoms with van der Waals surface area (Å²) < 4.78 is 41.6. The van der Waals surface area contributed by atoms with E-state index in [-0.39, 0.29) is 29.9 Å². The number of likely N-dealkylation sites (tertiary alicyclic amines) is 2. The number of H-pyrrole nitrogens is 1. The lowest BCUT2D eigenvalue weighted by molar-refractivity contribution is -0.0980. The number of unbranched alkanes of at least 4 members (excludes halogenated alkanes) is 3. The molecular weight excluding hydrogens is 992 g/mol. The number of aromatic nitrogens is 1. The Labute approximate surface area is 445 Å². The molecule has 73 heavy (non-hydrogen) atoms. The molecule has 1 amide bonds. The summed E-state index contributed by atoms with van der Waals surface area (Å²) in [7, 11) is 3.23. The van der Waals surface area contributed by atoms with Crippen LogP contribution in [0, 0.1) is 17.2 Å². The lowest BCUT2D eigenvalue weighted by Gasteiger charge is -2.20. The molecule has 0 spiro atoms. The average Bonchev–Trinajstić information content (AvgIpc) is 4.06. The van der Waals surface area contributed by atoms with Crippen LogP contribution < -0.4 is 16.2 Å². The van der Waals surface area contributed by atoms with E-state index in [4.69, 9.17) is 38.5 Å². The molecule has 2 aromatic carbocycles. The molecule has 0 bridgehead atoms. The Kier molecular flexibility index (Phi) is 51.8. The zero-order valence-electron chi connectivity index (χ0n) is 45.4. The van der Waals surface area contributed by atoms with Gasteiger partial charge in [0.2, 0.25) is 13.6 Å². The third-order valence-corrected chi connectivity index (χ3v) is 14.6. The minimum Gasteiger partial charge on any atom is -0.394 e. The van der Waals surface area contributed by atoms with Gasteiger partial charge in [-0.25, -0.2) is 4.20 Å². The summed E-state index contributed by atoms with van der Waals surface area (Å²) in [4.78, 5) is 46.9. The van der Waals surface area contributed by atoms with Crippen molar-refractivity contribution in [1.82, 2.24) is 20.1 Å². The molecule has 2 aliphatic heterocycles. The highest BCUT2D eigenvalue weighted by molar-refractivity contribution is 8.26. The molecule has 3 aromatic rings. The summed E-state index contributed by atoms with van der Waals surface area (Å²) in [5.41, 5.74) is 1.80. The van der Waals surface area contributed by atoms with E-state index in [0.717, 1.165) is 35.3 Å². The molecule has 0 radical (unpaired) electrons. The number of carbonyl (C=O) groups excluding carboxylic acids is 3. The fourth-order valence-electron chi connectivity index (χ4n) is 7.01. The zero-order valence-corrected chi connectivity index (χ0v) is 48.1. The number of hydrogen-bond acceptors (Lipinski definition) is 13. The van der Waals surface area contributed by atoms with Crippen molar-refractivity contribution in [2.24, 2.45) is 5.92 Å². The summed E-state index contributed by atoms with van der Waals surface area (Å²) in [5, 5.41) is 21.9. The number of aliphatic hydroxyl groups is 1. The molecule has 1 aromatic heterocycles. The van der Waals surface area contributed by atoms with Crippen LogP contribution in [0.3, 0.4) is 0 Å². The number of halogens is 1. The van der Waals surface area contributed by atoms with E-state index < -0.39 is 16.0 Å². The van der Waals surface area contributed by atoms with E-state index in [2.05, 4.69) is 58.8 Å². The Morgan fingerprint density at radius 3 is 2.16 bits per heavy atom. The van der Waals surface area contributed by atoms with Crippen molar-refractivity contribution >= 4 is 63.0 Å². The predicted molar refractivity (Wildman–Crippen MR) is 306 cm³/mol. The number of aromatic amines is 1. The van der Waals surface area contributed by atoms with Crippen LogP contribution in [0.2, 0.25) is 0 Å². The summed E-state index contributed by atoms with van der Waals surface area (Å²) >= 11 is 3.11. The van der Waals surface area contributed by atoms with Crippen molar-refractivity contribution in [3.8, 4) is 6.07 Å². The van der Waals surface area contributed by atoms with Crippen molar-refractivity contribution in [1.29, 1.82) is 5.26 Å². The second-order valence-electron chi connectivity index (χ2n) is 15.4. The van der Waals surface area contributed by atoms with Gasteiger partial charge in [0.25, 0.3) is 5.91 Å². The first-order chi connectivity index (χ1) is 35.5. The number of aliphatic hydroxyl groups excluding tert-OH is 1. The molecule has 2 saturated heterocycles. The third kappa shape index (κ3) is 33.6. The van der Waals surface area contributed by atoms with Gasteiger partial charge < -0.3 is 53.3 Å². The van der Waals surface area contributed by atoms with Gasteiger partial charge in [0, 0.05) is 76.1 Å². The Hall–Kier alpha value is -3.91. The van der Waals surface area contributed by atoms with Crippen molar-refractivity contribution in [2.75, 3.05) is 94.2 Å². The molecule has 3 N–H and O–H groups in total. The van der Waals surface area contributed by atoms with Crippen molar-refractivity contribution in [2.45, 2.75) is 104 Å². The number of rotatable bonds is 24. The SMILES string of the molecule is C=CCCCCC[C@H]1CCCN1C.C=CN1CC(C#N)[C@H](c2cc[nH]c(=O)c2)C1.C=O.CC.CC.CCCOP(OCCCOCCOC)P(F)c1ccc2ccc(C(=O)NC)cc2c1.COCCO.O=CS. The molecule has 0 saturated carbocycles. The lowest BCUT2D eigenvalue weighted by Crippen LogP contribution is -2.24. The fraction of sp³-hybridized carbons (Fsp3) is 0.574. The topological polar surface area (TPSA) is 193 Å². The van der Waals surface area contributed by atoms with Crippen LogP contribution in [0.1, 0.15) is 114 Å². The number of carbonyl (C=O) groups is 3. The lowest BCUT2D eigenvalue weighted by atomic mass is 9.91. The number of pyridine rings is 1. The van der Waals surface area contributed by atoms with Crippen LogP contribution in [-0.4, -0.2) is 138 Å². The molecule has 0 aliphatic carbocycles. The normalized spacial score (nSPS) is 15.9. The Morgan fingerprint density at radius 1 is 0.945 bits per heavy atom. The molecule has 3 heterocycles. The van der Waals surface area contributed by atoms with Crippen LogP contribution in [0.5, 0.6) is 0 Å². The number of nitrogens with zero attached hydrogens (tertiary/aromatic N) is 3. The van der Waals surface area contributed by atoms with E-state index in [1.807, 2.05) is 70.6 Å². The maximum atomic E-state index is 15.4. The molecule has 3 unspecified atom stereocenters. The summed E-state index contributed by atoms with van der Waals surface area (Å²) in [6.07, 6.45) is 16.4. The molecule has 5 rings (SSSR count). The van der Waals surface area contributed by atoms with Gasteiger partial charge in [-0.05, 0) is 105 Å². The second-order valence-corrected chi connectivity index (χ2v) is 19.7. The van der Waals surface area contributed by atoms with Crippen molar-refractivity contribution in [3.05, 3.63) is 102 Å². The first kappa shape index (κ1) is 73.3. The number of hydrogen-bond donors (Lipinski definition) is 4. The van der Waals surface area contributed by atoms with Gasteiger partial charge in [-0.1, -0.05) is 78.3 Å². The fourth-order valence-corrected chi connectivity index (χ4v) is 10.6. The van der Waals surface area contributed by atoms with Gasteiger partial charge in [0.15, 0.2) is 13.5 Å². The number of nitriles is 1. The number of fused-ring (bicyclic) bond motifs is 1. The molecule has 2 fully saturated rings. The van der Waals surface area contributed by atoms with Crippen LogP contribution in [-0.2, 0) is 32.8 Å². The van der Waals surface area contributed by atoms with Gasteiger partial charge in [0.1, 0.15) is 6.79 Å². The summed E-state index contributed by atoms with van der Waals surface area (Å²) in [6, 6.07) is 17.4. The highest BCUT2D eigenvalue weighted by atomic mass is 32.1. The monoisotopic (exact) mass is 1080 g/mol. The highest BCUT2D eigenvalue weighted by Gasteiger charge is 2.32. The number of methoxy groups -OCH3 is 2. The molecule has 5 atom stereocenters. The van der Waals surface area contributed by atoms with Crippen LogP contribution in [0.25, 0.3) is 10.8 Å². The number of thiol groups is 1. The molecule has 15 nitrogen and oxygen atoms in total. The van der Waals surface area contributed by atoms with E-state index in [9.17, 15) is 9.59 Å². The first-order valence-corrected chi connectivity index (χ1v) is 28.7. The third-order valence-electron chi connectivity index (χ3n) is 10.6. The molecule has 414 valence electrons. The number of amides is 1. The standard InChI is InChI=1S/C21H30FNO5P2.C12H13N3O.C12H23N.C3H8O2.2C2H6.CH2OS.CH2O/c1-4-10-27-30(28-12-5-11-26-14-13-25-3)29(22)20-9-8-17-6-7-18(21(24)23-2)15-19(17)16-20;1-2-15-7-10(6-13)11(8-15)9-3-4-14-12(16)5-9;1-3-4-5-6-7-9-12-10-8-11-13(12)2;1-5-3-2-4;2*1-2;2-1-3;1-2/h6-9,15-16H,4-5,10-14H2,1-3H3,(H,23,24);2-5,10-11H,1,7-8H2,(H,14,16);3,12H,1,4-11H2,2H3;4H,2-3H2,1H3;2*1-2H3;1H,(H,2,3);1H2/t;10?,11-;12-;;;;;/m.00...../s1. The summed E-state index contributed by atoms with van der Waals surface area (Å²) in [6.45, 7) is 25.2. The van der Waals surface area contributed by atoms with Crippen LogP contribution >= 0.6 is 28.6 Å². The maximum Gasteiger partial charge on any atom is 0.251 e. The van der Waals surface area contributed by atoms with Crippen LogP contribution in [0.15, 0.2) is 85.0 Å². The van der Waals surface area contributed by atoms with Gasteiger partial charge >= 0.3 is 0 Å². The molecule has 2 aliphatic rings. The average molecular weight is 1080 g/mol. The summed E-state index contributed by atoms with van der Waals surface area (Å²) in [5.74, 6) is -0.139. The quantitative estimate of drug-likeness (QED) is 0.0218. The van der Waals surface area contributed by atoms with E-state index in [1.54, 1.807) is 64.0 Å². The second kappa shape index (κ2) is 51.6. The van der Waals surface area contributed by atoms with Gasteiger partial charge in [-0.2, -0.15) is 5.26 Å². The van der Waals surface area contributed by atoms with Crippen molar-refractivity contribution < 1.29 is 46.9 Å². The van der Waals surface area contributed by atoms with E-state index in [1.165, 1.54) is 51.5 Å². The Morgan fingerprint density at radius 2 is 1.62 bits per heavy atom. The minimum atomic E-state index is -2.12. The number of benzene rings is 2. The largest absolute Gasteiger partial charge is 0.394 e.